The van der Waals surface area contributed by atoms with Crippen LogP contribution in [0.1, 0.15) is 6.42 Å². The number of hydrogen-bond donors (Lipinski definition) is 4. The van der Waals surface area contributed by atoms with Crippen molar-refractivity contribution in [3.63, 3.8) is 0 Å². The maximum Gasteiger partial charge on any atom is 0.326 e. The van der Waals surface area contributed by atoms with Crippen LogP contribution in [0.3, 0.4) is 0 Å². The summed E-state index contributed by atoms with van der Waals surface area (Å²) in [4.78, 5) is 35.0. The standard InChI is InChI=1S/C11H21N3O6/c1-14(7-9(16)12-4-6-20-2)11(19)13-8(3-5-15)10(17)18/h8,15H,3-7H2,1-2H3,(H,12,16)(H,13,19)(H,17,18)/t8-/m1/s1. The van der Waals surface area contributed by atoms with E-state index in [-0.39, 0.29) is 25.5 Å². The van der Waals surface area contributed by atoms with Gasteiger partial charge in [-0.05, 0) is 0 Å². The molecule has 0 aromatic carbocycles. The monoisotopic (exact) mass is 291 g/mol. The molecule has 0 aliphatic rings. The molecule has 0 saturated carbocycles. The Kier molecular flexibility index (Phi) is 9.05. The van der Waals surface area contributed by atoms with Gasteiger partial charge in [0.15, 0.2) is 0 Å². The Bertz CT molecular complexity index is 336. The van der Waals surface area contributed by atoms with Gasteiger partial charge >= 0.3 is 12.0 Å². The fourth-order valence-electron chi connectivity index (χ4n) is 1.28. The average molecular weight is 291 g/mol. The molecule has 0 saturated heterocycles. The number of carbonyl (C=O) groups is 3. The van der Waals surface area contributed by atoms with Crippen LogP contribution in [0.15, 0.2) is 0 Å². The van der Waals surface area contributed by atoms with E-state index in [1.54, 1.807) is 0 Å². The van der Waals surface area contributed by atoms with Crippen LogP contribution in [0.5, 0.6) is 0 Å². The lowest BCUT2D eigenvalue weighted by molar-refractivity contribution is -0.139. The summed E-state index contributed by atoms with van der Waals surface area (Å²) in [7, 11) is 2.86. The van der Waals surface area contributed by atoms with Gasteiger partial charge in [0, 0.05) is 33.7 Å². The summed E-state index contributed by atoms with van der Waals surface area (Å²) in [5.41, 5.74) is 0. The van der Waals surface area contributed by atoms with Crippen LogP contribution in [0.4, 0.5) is 4.79 Å². The molecule has 0 bridgehead atoms. The molecular formula is C11H21N3O6. The van der Waals surface area contributed by atoms with E-state index in [2.05, 4.69) is 10.6 Å². The summed E-state index contributed by atoms with van der Waals surface area (Å²) in [5, 5.41) is 22.3. The van der Waals surface area contributed by atoms with E-state index in [4.69, 9.17) is 14.9 Å². The van der Waals surface area contributed by atoms with Crippen LogP contribution in [-0.2, 0) is 14.3 Å². The minimum atomic E-state index is -1.25. The summed E-state index contributed by atoms with van der Waals surface area (Å²) >= 11 is 0. The van der Waals surface area contributed by atoms with Gasteiger partial charge in [-0.25, -0.2) is 9.59 Å². The summed E-state index contributed by atoms with van der Waals surface area (Å²) in [6, 6.07) is -1.89. The second-order valence-electron chi connectivity index (χ2n) is 4.05. The molecule has 0 aromatic rings. The van der Waals surface area contributed by atoms with Crippen LogP contribution in [-0.4, -0.2) is 79.5 Å². The normalized spacial score (nSPS) is 11.6. The molecule has 116 valence electrons. The van der Waals surface area contributed by atoms with Crippen LogP contribution >= 0.6 is 0 Å². The molecule has 0 aromatic heterocycles. The number of aliphatic hydroxyl groups excluding tert-OH is 1. The third-order valence-corrected chi connectivity index (χ3v) is 2.37. The largest absolute Gasteiger partial charge is 0.480 e. The zero-order valence-corrected chi connectivity index (χ0v) is 11.6. The van der Waals surface area contributed by atoms with Crippen molar-refractivity contribution in [1.29, 1.82) is 0 Å². The van der Waals surface area contributed by atoms with E-state index in [0.717, 1.165) is 4.90 Å². The van der Waals surface area contributed by atoms with E-state index in [0.29, 0.717) is 13.2 Å². The van der Waals surface area contributed by atoms with Gasteiger partial charge in [-0.2, -0.15) is 0 Å². The smallest absolute Gasteiger partial charge is 0.326 e. The van der Waals surface area contributed by atoms with E-state index < -0.39 is 18.0 Å². The van der Waals surface area contributed by atoms with Crippen LogP contribution < -0.4 is 10.6 Å². The number of aliphatic carboxylic acids is 1. The maximum atomic E-state index is 11.7. The number of nitrogens with zero attached hydrogens (tertiary/aromatic N) is 1. The highest BCUT2D eigenvalue weighted by molar-refractivity contribution is 5.86. The third kappa shape index (κ3) is 7.54. The molecule has 0 radical (unpaired) electrons. The molecular weight excluding hydrogens is 270 g/mol. The van der Waals surface area contributed by atoms with Crippen molar-refractivity contribution in [3.05, 3.63) is 0 Å². The average Bonchev–Trinajstić information content (AvgIpc) is 2.38. The van der Waals surface area contributed by atoms with Gasteiger partial charge in [0.1, 0.15) is 12.6 Å². The molecule has 3 amide bonds. The van der Waals surface area contributed by atoms with Gasteiger partial charge in [-0.1, -0.05) is 0 Å². The highest BCUT2D eigenvalue weighted by Crippen LogP contribution is 1.94. The number of likely N-dealkylation sites (N-methyl/N-ethyl adjacent to an activating group) is 1. The number of carbonyl (C=O) groups excluding carboxylic acids is 2. The molecule has 0 aliphatic heterocycles. The quantitative estimate of drug-likeness (QED) is 0.372. The molecule has 9 nitrogen and oxygen atoms in total. The predicted molar refractivity (Wildman–Crippen MR) is 69.2 cm³/mol. The van der Waals surface area contributed by atoms with Crippen molar-refractivity contribution >= 4 is 17.9 Å². The Morgan fingerprint density at radius 1 is 1.35 bits per heavy atom. The number of carboxylic acids is 1. The first-order chi connectivity index (χ1) is 9.42. The number of aliphatic hydroxyl groups is 1. The minimum Gasteiger partial charge on any atom is -0.480 e. The fraction of sp³-hybridized carbons (Fsp3) is 0.727. The van der Waals surface area contributed by atoms with Crippen LogP contribution in [0.25, 0.3) is 0 Å². The van der Waals surface area contributed by atoms with E-state index in [1.165, 1.54) is 14.2 Å². The van der Waals surface area contributed by atoms with Crippen molar-refractivity contribution in [1.82, 2.24) is 15.5 Å². The zero-order chi connectivity index (χ0) is 15.5. The lowest BCUT2D eigenvalue weighted by atomic mass is 10.2. The summed E-state index contributed by atoms with van der Waals surface area (Å²) in [5.74, 6) is -1.63. The summed E-state index contributed by atoms with van der Waals surface area (Å²) in [6.07, 6.45) is -0.102. The number of ether oxygens (including phenoxy) is 1. The van der Waals surface area contributed by atoms with Crippen molar-refractivity contribution in [3.8, 4) is 0 Å². The van der Waals surface area contributed by atoms with Gasteiger partial charge in [0.05, 0.1) is 6.61 Å². The molecule has 0 spiro atoms. The van der Waals surface area contributed by atoms with Crippen molar-refractivity contribution in [2.75, 3.05) is 40.5 Å². The van der Waals surface area contributed by atoms with E-state index >= 15 is 0 Å². The lowest BCUT2D eigenvalue weighted by Crippen LogP contribution is -2.49. The molecule has 1 atom stereocenters. The number of urea groups is 1. The number of methoxy groups -OCH3 is 1. The SMILES string of the molecule is COCCNC(=O)CN(C)C(=O)N[C@H](CCO)C(=O)O. The zero-order valence-electron chi connectivity index (χ0n) is 11.6. The fourth-order valence-corrected chi connectivity index (χ4v) is 1.28. The van der Waals surface area contributed by atoms with Gasteiger partial charge in [-0.15, -0.1) is 0 Å². The number of rotatable bonds is 9. The lowest BCUT2D eigenvalue weighted by Gasteiger charge is -2.20. The highest BCUT2D eigenvalue weighted by atomic mass is 16.5. The van der Waals surface area contributed by atoms with E-state index in [1.807, 2.05) is 0 Å². The van der Waals surface area contributed by atoms with Crippen molar-refractivity contribution < 1.29 is 29.3 Å². The van der Waals surface area contributed by atoms with Crippen LogP contribution in [0, 0.1) is 0 Å². The van der Waals surface area contributed by atoms with Gasteiger partial charge in [0.2, 0.25) is 5.91 Å². The maximum absolute atomic E-state index is 11.7. The topological polar surface area (TPSA) is 128 Å². The Balaban J connectivity index is 4.19. The van der Waals surface area contributed by atoms with Crippen molar-refractivity contribution in [2.24, 2.45) is 0 Å². The first kappa shape index (κ1) is 18.1. The number of amides is 3. The third-order valence-electron chi connectivity index (χ3n) is 2.37. The van der Waals surface area contributed by atoms with Gasteiger partial charge < -0.3 is 30.5 Å². The Hall–Kier alpha value is -1.87. The van der Waals surface area contributed by atoms with Crippen molar-refractivity contribution in [2.45, 2.75) is 12.5 Å². The molecule has 0 heterocycles. The predicted octanol–water partition coefficient (Wildman–Crippen LogP) is -1.77. The first-order valence-corrected chi connectivity index (χ1v) is 6.03. The molecule has 0 rings (SSSR count). The summed E-state index contributed by atoms with van der Waals surface area (Å²) < 4.78 is 4.75. The Morgan fingerprint density at radius 3 is 2.50 bits per heavy atom. The second-order valence-corrected chi connectivity index (χ2v) is 4.05. The molecule has 0 unspecified atom stereocenters. The number of carboxylic acid groups (broad SMARTS) is 1. The number of nitrogens with one attached hydrogen (secondary N) is 2. The van der Waals surface area contributed by atoms with Gasteiger partial charge in [0.25, 0.3) is 0 Å². The molecule has 4 N–H and O–H groups in total. The van der Waals surface area contributed by atoms with Gasteiger partial charge in [-0.3, -0.25) is 4.79 Å². The summed E-state index contributed by atoms with van der Waals surface area (Å²) in [6.45, 7) is 0.117. The van der Waals surface area contributed by atoms with E-state index in [9.17, 15) is 14.4 Å². The Morgan fingerprint density at radius 2 is 2.00 bits per heavy atom. The molecule has 9 heteroatoms. The minimum absolute atomic E-state index is 0.102. The Labute approximate surface area is 116 Å². The highest BCUT2D eigenvalue weighted by Gasteiger charge is 2.21. The molecule has 20 heavy (non-hydrogen) atoms. The van der Waals surface area contributed by atoms with Crippen LogP contribution in [0.2, 0.25) is 0 Å². The second kappa shape index (κ2) is 9.98. The molecule has 0 aliphatic carbocycles. The molecule has 0 fully saturated rings. The number of hydrogen-bond acceptors (Lipinski definition) is 5. The first-order valence-electron chi connectivity index (χ1n) is 6.03.